The Morgan fingerprint density at radius 1 is 1.10 bits per heavy atom. The van der Waals surface area contributed by atoms with E-state index in [0.717, 1.165) is 17.8 Å². The smallest absolute Gasteiger partial charge is 0.408 e. The minimum Gasteiger partial charge on any atom is -0.497 e. The summed E-state index contributed by atoms with van der Waals surface area (Å²) in [6.45, 7) is 0.652. The maximum Gasteiger partial charge on any atom is 0.408 e. The van der Waals surface area contributed by atoms with E-state index in [0.29, 0.717) is 43.8 Å². The van der Waals surface area contributed by atoms with E-state index in [-0.39, 0.29) is 30.4 Å². The van der Waals surface area contributed by atoms with Crippen LogP contribution in [0.4, 0.5) is 25.0 Å². The van der Waals surface area contributed by atoms with Gasteiger partial charge in [-0.2, -0.15) is 0 Å². The molecule has 5 aliphatic rings. The van der Waals surface area contributed by atoms with Gasteiger partial charge in [-0.3, -0.25) is 19.7 Å². The number of anilines is 2. The fourth-order valence-electron chi connectivity index (χ4n) is 6.55. The van der Waals surface area contributed by atoms with Crippen molar-refractivity contribution in [3.05, 3.63) is 53.6 Å². The Labute approximate surface area is 234 Å². The lowest BCUT2D eigenvalue weighted by molar-refractivity contribution is -0.246. The van der Waals surface area contributed by atoms with Crippen LogP contribution < -0.4 is 25.2 Å². The van der Waals surface area contributed by atoms with Gasteiger partial charge in [-0.25, -0.2) is 13.6 Å². The zero-order valence-corrected chi connectivity index (χ0v) is 22.7. The number of amides is 4. The molecular weight excluding hydrogens is 538 g/mol. The van der Waals surface area contributed by atoms with Crippen molar-refractivity contribution in [3.63, 3.8) is 0 Å². The van der Waals surface area contributed by atoms with Crippen LogP contribution in [0.15, 0.2) is 36.4 Å². The second-order valence-electron chi connectivity index (χ2n) is 11.5. The molecule has 2 saturated heterocycles. The van der Waals surface area contributed by atoms with Crippen LogP contribution in [0.3, 0.4) is 0 Å². The van der Waals surface area contributed by atoms with Crippen LogP contribution in [0.25, 0.3) is 0 Å². The van der Waals surface area contributed by atoms with Crippen molar-refractivity contribution in [1.29, 1.82) is 0 Å². The quantitative estimate of drug-likeness (QED) is 0.494. The van der Waals surface area contributed by atoms with Gasteiger partial charge in [-0.05, 0) is 30.7 Å². The maximum atomic E-state index is 14.8. The highest BCUT2D eigenvalue weighted by atomic mass is 19.1. The number of rotatable bonds is 7. The number of halogens is 2. The maximum absolute atomic E-state index is 14.8. The van der Waals surface area contributed by atoms with Crippen molar-refractivity contribution in [2.24, 2.45) is 5.41 Å². The third-order valence-corrected chi connectivity index (χ3v) is 8.71. The average molecular weight is 569 g/mol. The Hall–Kier alpha value is -4.22. The lowest BCUT2D eigenvalue weighted by atomic mass is 9.40. The Balaban J connectivity index is 0.981. The Morgan fingerprint density at radius 3 is 2.41 bits per heavy atom. The molecule has 0 aromatic heterocycles. The van der Waals surface area contributed by atoms with E-state index in [2.05, 4.69) is 10.6 Å². The number of carbonyl (C=O) groups excluding carboxylic acids is 4. The first-order valence-electron chi connectivity index (χ1n) is 13.5. The van der Waals surface area contributed by atoms with Crippen LogP contribution in [0, 0.1) is 17.0 Å². The van der Waals surface area contributed by atoms with Crippen molar-refractivity contribution in [1.82, 2.24) is 10.6 Å². The summed E-state index contributed by atoms with van der Waals surface area (Å²) < 4.78 is 40.6. The normalized spacial score (nSPS) is 26.6. The number of imide groups is 1. The van der Waals surface area contributed by atoms with Crippen LogP contribution in [-0.2, 0) is 19.1 Å². The minimum atomic E-state index is -1.06. The molecule has 4 amide bonds. The van der Waals surface area contributed by atoms with Crippen LogP contribution in [0.1, 0.15) is 43.6 Å². The average Bonchev–Trinajstić information content (AvgIpc) is 2.87. The standard InChI is InChI=1S/C29H30F2N4O6/c1-34(17-4-3-5-19(8-17)40-2)26(38)28-13-29(14-28,15-28)41-27(39)32-16-11-35(12-16)18-9-21(30)24(22(31)10-18)20-6-7-23(36)33-25(20)37/h3-5,8-10,16,20H,6-7,11-15H2,1-2H3,(H,32,39)(H,33,36,37). The zero-order chi connectivity index (χ0) is 29.1. The number of hydrogen-bond acceptors (Lipinski definition) is 7. The number of piperidine rings is 1. The molecule has 10 nitrogen and oxygen atoms in total. The molecule has 41 heavy (non-hydrogen) atoms. The van der Waals surface area contributed by atoms with Gasteiger partial charge in [0.1, 0.15) is 23.0 Å². The van der Waals surface area contributed by atoms with Crippen LogP contribution in [0.5, 0.6) is 5.75 Å². The van der Waals surface area contributed by atoms with E-state index in [1.165, 1.54) is 0 Å². The molecule has 3 saturated carbocycles. The number of hydrogen-bond donors (Lipinski definition) is 2. The topological polar surface area (TPSA) is 117 Å². The fourth-order valence-corrected chi connectivity index (χ4v) is 6.55. The summed E-state index contributed by atoms with van der Waals surface area (Å²) in [5.74, 6) is -3.29. The number of carbonyl (C=O) groups is 4. The largest absolute Gasteiger partial charge is 0.497 e. The number of benzene rings is 2. The third kappa shape index (κ3) is 4.64. The number of nitrogens with one attached hydrogen (secondary N) is 2. The van der Waals surface area contributed by atoms with Crippen molar-refractivity contribution < 1.29 is 37.4 Å². The fraction of sp³-hybridized carbons (Fsp3) is 0.448. The molecular formula is C29H30F2N4O6. The summed E-state index contributed by atoms with van der Waals surface area (Å²) in [4.78, 5) is 52.5. The van der Waals surface area contributed by atoms with Crippen molar-refractivity contribution in [2.45, 2.75) is 49.7 Å². The SMILES string of the molecule is COc1cccc(N(C)C(=O)C23CC(OC(=O)NC4CN(c5cc(F)c(C6CCC(=O)NC6=O)c(F)c5)C4)(C2)C3)c1. The monoisotopic (exact) mass is 568 g/mol. The first-order valence-corrected chi connectivity index (χ1v) is 13.5. The van der Waals surface area contributed by atoms with Gasteiger partial charge in [0.15, 0.2) is 0 Å². The van der Waals surface area contributed by atoms with Gasteiger partial charge in [0.25, 0.3) is 0 Å². The Kier molecular flexibility index (Phi) is 6.39. The molecule has 3 aliphatic carbocycles. The van der Waals surface area contributed by atoms with Crippen molar-refractivity contribution in [3.8, 4) is 5.75 Å². The number of ether oxygens (including phenoxy) is 2. The number of nitrogens with zero attached hydrogens (tertiary/aromatic N) is 2. The third-order valence-electron chi connectivity index (χ3n) is 8.71. The molecule has 2 heterocycles. The highest BCUT2D eigenvalue weighted by Gasteiger charge is 2.75. The van der Waals surface area contributed by atoms with Gasteiger partial charge in [-0.15, -0.1) is 0 Å². The zero-order valence-electron chi connectivity index (χ0n) is 22.7. The molecule has 2 aliphatic heterocycles. The highest BCUT2D eigenvalue weighted by Crippen LogP contribution is 2.69. The molecule has 1 atom stereocenters. The van der Waals surface area contributed by atoms with Gasteiger partial charge in [0, 0.05) is 68.8 Å². The molecule has 0 radical (unpaired) electrons. The lowest BCUT2D eigenvalue weighted by Gasteiger charge is -2.67. The Bertz CT molecular complexity index is 1420. The summed E-state index contributed by atoms with van der Waals surface area (Å²) in [6, 6.07) is 9.31. The number of alkyl carbamates (subject to hydrolysis) is 1. The van der Waals surface area contributed by atoms with Gasteiger partial charge in [-0.1, -0.05) is 6.07 Å². The second-order valence-corrected chi connectivity index (χ2v) is 11.5. The van der Waals surface area contributed by atoms with Crippen LogP contribution >= 0.6 is 0 Å². The van der Waals surface area contributed by atoms with E-state index >= 15 is 0 Å². The van der Waals surface area contributed by atoms with E-state index in [1.807, 2.05) is 18.2 Å². The van der Waals surface area contributed by atoms with E-state index in [9.17, 15) is 28.0 Å². The van der Waals surface area contributed by atoms with Gasteiger partial charge in [0.2, 0.25) is 17.7 Å². The van der Waals surface area contributed by atoms with Crippen LogP contribution in [-0.4, -0.2) is 62.7 Å². The molecule has 5 fully saturated rings. The number of methoxy groups -OCH3 is 1. The summed E-state index contributed by atoms with van der Waals surface area (Å²) >= 11 is 0. The summed E-state index contributed by atoms with van der Waals surface area (Å²) in [5, 5.41) is 4.91. The van der Waals surface area contributed by atoms with Crippen molar-refractivity contribution in [2.75, 3.05) is 37.0 Å². The molecule has 2 aromatic carbocycles. The second kappa shape index (κ2) is 9.71. The van der Waals surface area contributed by atoms with Gasteiger partial charge in [0.05, 0.1) is 24.5 Å². The molecule has 12 heteroatoms. The van der Waals surface area contributed by atoms with Gasteiger partial charge >= 0.3 is 6.09 Å². The minimum absolute atomic E-state index is 0.0191. The Morgan fingerprint density at radius 2 is 1.78 bits per heavy atom. The molecule has 2 aromatic rings. The van der Waals surface area contributed by atoms with E-state index in [4.69, 9.17) is 9.47 Å². The first-order chi connectivity index (χ1) is 19.5. The van der Waals surface area contributed by atoms with E-state index < -0.39 is 46.5 Å². The predicted molar refractivity (Wildman–Crippen MR) is 143 cm³/mol. The molecule has 2 N–H and O–H groups in total. The highest BCUT2D eigenvalue weighted by molar-refractivity contribution is 6.01. The van der Waals surface area contributed by atoms with Crippen LogP contribution in [0.2, 0.25) is 0 Å². The van der Waals surface area contributed by atoms with E-state index in [1.54, 1.807) is 30.0 Å². The molecule has 1 unspecified atom stereocenters. The van der Waals surface area contributed by atoms with Gasteiger partial charge < -0.3 is 24.6 Å². The molecule has 216 valence electrons. The summed E-state index contributed by atoms with van der Waals surface area (Å²) in [5.41, 5.74) is -0.494. The predicted octanol–water partition coefficient (Wildman–Crippen LogP) is 2.99. The first kappa shape index (κ1) is 27.0. The summed E-state index contributed by atoms with van der Waals surface area (Å²) in [6.07, 6.45) is 0.888. The lowest BCUT2D eigenvalue weighted by Crippen LogP contribution is -2.74. The summed E-state index contributed by atoms with van der Waals surface area (Å²) in [7, 11) is 3.29. The molecule has 7 rings (SSSR count). The molecule has 2 bridgehead atoms. The van der Waals surface area contributed by atoms with Crippen molar-refractivity contribution >= 4 is 35.2 Å². The molecule has 0 spiro atoms.